The van der Waals surface area contributed by atoms with Gasteiger partial charge in [0.25, 0.3) is 0 Å². The molecule has 3 aromatic carbocycles. The standard InChI is InChI=1S/C44H48N2O12S/c1-4-38(49)55-28-12-8-6-10-26-53-33-19-15-31(16-20-33)42(51)57-35-23-24-36(41-40(35)46-44(59-41)45-37(48)25-14-30(3)47)58-43(52)32-17-21-34(22-18-32)54-27-11-7-9-13-29-56-39(50)5-2/h4-5,15-24H,1-2,6-14,25-29H2,3H3,(H,45,46,48). The Bertz CT molecular complexity index is 1950. The predicted octanol–water partition coefficient (Wildman–Crippen LogP) is 8.38. The summed E-state index contributed by atoms with van der Waals surface area (Å²) in [6.07, 6.45) is 8.97. The van der Waals surface area contributed by atoms with Crippen molar-refractivity contribution in [3.8, 4) is 23.0 Å². The largest absolute Gasteiger partial charge is 0.494 e. The summed E-state index contributed by atoms with van der Waals surface area (Å²) in [5.74, 6) is -1.40. The van der Waals surface area contributed by atoms with Crippen LogP contribution < -0.4 is 24.3 Å². The lowest BCUT2D eigenvalue weighted by Crippen LogP contribution is -2.12. The van der Waals surface area contributed by atoms with E-state index in [1.807, 2.05) is 0 Å². The number of esters is 4. The summed E-state index contributed by atoms with van der Waals surface area (Å²) in [6, 6.07) is 15.9. The highest BCUT2D eigenvalue weighted by Gasteiger charge is 2.21. The minimum absolute atomic E-state index is 0.0432. The molecule has 0 saturated carbocycles. The molecule has 1 aromatic heterocycles. The van der Waals surface area contributed by atoms with Crippen LogP contribution in [0.4, 0.5) is 5.13 Å². The molecule has 0 radical (unpaired) electrons. The highest BCUT2D eigenvalue weighted by molar-refractivity contribution is 7.22. The van der Waals surface area contributed by atoms with Gasteiger partial charge < -0.3 is 38.5 Å². The molecule has 1 amide bonds. The first kappa shape index (κ1) is 45.4. The van der Waals surface area contributed by atoms with Crippen molar-refractivity contribution in [2.75, 3.05) is 31.7 Å². The Labute approximate surface area is 346 Å². The first-order chi connectivity index (χ1) is 28.6. The number of hydrogen-bond acceptors (Lipinski definition) is 14. The number of ketones is 1. The smallest absolute Gasteiger partial charge is 0.343 e. The summed E-state index contributed by atoms with van der Waals surface area (Å²) in [7, 11) is 0. The van der Waals surface area contributed by atoms with E-state index in [2.05, 4.69) is 23.5 Å². The summed E-state index contributed by atoms with van der Waals surface area (Å²) in [5.41, 5.74) is 0.684. The van der Waals surface area contributed by atoms with Gasteiger partial charge in [-0.15, -0.1) is 0 Å². The minimum atomic E-state index is -0.673. The van der Waals surface area contributed by atoms with Crippen LogP contribution in [0.5, 0.6) is 23.0 Å². The van der Waals surface area contributed by atoms with E-state index in [4.69, 9.17) is 28.4 Å². The van der Waals surface area contributed by atoms with Crippen LogP contribution in [0.2, 0.25) is 0 Å². The first-order valence-electron chi connectivity index (χ1n) is 19.3. The molecule has 0 aliphatic carbocycles. The summed E-state index contributed by atoms with van der Waals surface area (Å²) < 4.78 is 33.4. The maximum atomic E-state index is 13.3. The lowest BCUT2D eigenvalue weighted by molar-refractivity contribution is -0.138. The quantitative estimate of drug-likeness (QED) is 0.0276. The highest BCUT2D eigenvalue weighted by atomic mass is 32.1. The van der Waals surface area contributed by atoms with Gasteiger partial charge >= 0.3 is 23.9 Å². The fourth-order valence-electron chi connectivity index (χ4n) is 5.30. The summed E-state index contributed by atoms with van der Waals surface area (Å²) in [5, 5.41) is 2.83. The molecule has 0 atom stereocenters. The van der Waals surface area contributed by atoms with Gasteiger partial charge in [-0.1, -0.05) is 24.5 Å². The zero-order valence-electron chi connectivity index (χ0n) is 33.0. The normalized spacial score (nSPS) is 10.6. The molecule has 14 nitrogen and oxygen atoms in total. The van der Waals surface area contributed by atoms with E-state index in [0.717, 1.165) is 74.9 Å². The fourth-order valence-corrected chi connectivity index (χ4v) is 6.25. The number of hydrogen-bond donors (Lipinski definition) is 1. The van der Waals surface area contributed by atoms with Crippen molar-refractivity contribution in [2.45, 2.75) is 71.1 Å². The van der Waals surface area contributed by atoms with E-state index in [9.17, 15) is 28.8 Å². The molecule has 0 unspecified atom stereocenters. The van der Waals surface area contributed by atoms with E-state index in [0.29, 0.717) is 42.6 Å². The second kappa shape index (κ2) is 24.4. The second-order valence-corrected chi connectivity index (χ2v) is 14.1. The Morgan fingerprint density at radius 3 is 1.54 bits per heavy atom. The van der Waals surface area contributed by atoms with E-state index >= 15 is 0 Å². The van der Waals surface area contributed by atoms with Gasteiger partial charge in [0.05, 0.1) is 37.6 Å². The molecule has 312 valence electrons. The number of amides is 1. The van der Waals surface area contributed by atoms with Crippen molar-refractivity contribution in [3.63, 3.8) is 0 Å². The van der Waals surface area contributed by atoms with Crippen LogP contribution in [0.15, 0.2) is 86.0 Å². The molecule has 59 heavy (non-hydrogen) atoms. The van der Waals surface area contributed by atoms with Crippen molar-refractivity contribution in [1.82, 2.24) is 4.98 Å². The molecular formula is C44H48N2O12S. The average Bonchev–Trinajstić information content (AvgIpc) is 3.67. The molecule has 0 fully saturated rings. The van der Waals surface area contributed by atoms with Gasteiger partial charge in [0.15, 0.2) is 16.6 Å². The number of fused-ring (bicyclic) bond motifs is 1. The zero-order valence-corrected chi connectivity index (χ0v) is 33.8. The van der Waals surface area contributed by atoms with Crippen LogP contribution >= 0.6 is 11.3 Å². The SMILES string of the molecule is C=CC(=O)OCCCCCCOc1ccc(C(=O)Oc2ccc(OC(=O)c3ccc(OCCCCCCOC(=O)C=C)cc3)c3sc(NC(=O)CCC(C)=O)nc23)cc1. The Kier molecular flexibility index (Phi) is 18.8. The Balaban J connectivity index is 1.35. The van der Waals surface area contributed by atoms with E-state index in [1.165, 1.54) is 19.1 Å². The van der Waals surface area contributed by atoms with Crippen LogP contribution in [-0.4, -0.2) is 67.0 Å². The third-order valence-electron chi connectivity index (χ3n) is 8.44. The number of ether oxygens (including phenoxy) is 6. The van der Waals surface area contributed by atoms with Gasteiger partial charge in [-0.2, -0.15) is 0 Å². The van der Waals surface area contributed by atoms with Gasteiger partial charge in [0.2, 0.25) is 5.91 Å². The molecule has 0 aliphatic rings. The maximum absolute atomic E-state index is 13.3. The third kappa shape index (κ3) is 15.8. The lowest BCUT2D eigenvalue weighted by atomic mass is 10.2. The number of rotatable bonds is 26. The van der Waals surface area contributed by atoms with Crippen LogP contribution in [0, 0.1) is 0 Å². The zero-order chi connectivity index (χ0) is 42.4. The molecule has 4 aromatic rings. The number of nitrogens with one attached hydrogen (secondary N) is 1. The number of carbonyl (C=O) groups excluding carboxylic acids is 6. The third-order valence-corrected chi connectivity index (χ3v) is 9.43. The predicted molar refractivity (Wildman–Crippen MR) is 221 cm³/mol. The Morgan fingerprint density at radius 2 is 1.07 bits per heavy atom. The summed E-state index contributed by atoms with van der Waals surface area (Å²) in [4.78, 5) is 77.2. The highest BCUT2D eigenvalue weighted by Crippen LogP contribution is 2.40. The van der Waals surface area contributed by atoms with Gasteiger partial charge in [-0.25, -0.2) is 24.2 Å². The van der Waals surface area contributed by atoms with Gasteiger partial charge in [-0.05, 0) is 119 Å². The number of nitrogens with zero attached hydrogens (tertiary/aromatic N) is 1. The number of thiazole rings is 1. The van der Waals surface area contributed by atoms with Crippen LogP contribution in [-0.2, 0) is 28.7 Å². The molecule has 0 bridgehead atoms. The minimum Gasteiger partial charge on any atom is -0.494 e. The van der Waals surface area contributed by atoms with Gasteiger partial charge in [0.1, 0.15) is 27.5 Å². The molecule has 1 heterocycles. The molecule has 0 spiro atoms. The molecular weight excluding hydrogens is 781 g/mol. The average molecular weight is 829 g/mol. The lowest BCUT2D eigenvalue weighted by Gasteiger charge is -2.10. The van der Waals surface area contributed by atoms with Crippen molar-refractivity contribution in [1.29, 1.82) is 0 Å². The van der Waals surface area contributed by atoms with E-state index < -0.39 is 29.8 Å². The van der Waals surface area contributed by atoms with Crippen molar-refractivity contribution in [2.24, 2.45) is 0 Å². The molecule has 1 N–H and O–H groups in total. The fraction of sp³-hybridized carbons (Fsp3) is 0.341. The number of aromatic nitrogens is 1. The van der Waals surface area contributed by atoms with Gasteiger partial charge in [-0.3, -0.25) is 4.79 Å². The van der Waals surface area contributed by atoms with E-state index in [1.54, 1.807) is 48.5 Å². The molecule has 4 rings (SSSR count). The van der Waals surface area contributed by atoms with Gasteiger partial charge in [0, 0.05) is 25.0 Å². The van der Waals surface area contributed by atoms with Crippen LogP contribution in [0.25, 0.3) is 10.2 Å². The molecule has 15 heteroatoms. The van der Waals surface area contributed by atoms with E-state index in [-0.39, 0.29) is 51.9 Å². The number of anilines is 1. The topological polar surface area (TPSA) is 183 Å². The van der Waals surface area contributed by atoms with Crippen LogP contribution in [0.1, 0.15) is 91.8 Å². The number of unbranched alkanes of at least 4 members (excludes halogenated alkanes) is 6. The monoisotopic (exact) mass is 828 g/mol. The Hall–Kier alpha value is -6.35. The number of Topliss-reactive ketones (excluding diaryl/α,β-unsaturated/α-hetero) is 1. The van der Waals surface area contributed by atoms with Crippen LogP contribution in [0.3, 0.4) is 0 Å². The maximum Gasteiger partial charge on any atom is 0.343 e. The number of carbonyl (C=O) groups is 6. The summed E-state index contributed by atoms with van der Waals surface area (Å²) in [6.45, 7) is 9.78. The second-order valence-electron chi connectivity index (χ2n) is 13.1. The Morgan fingerprint density at radius 1 is 0.610 bits per heavy atom. The van der Waals surface area contributed by atoms with Crippen molar-refractivity contribution < 1.29 is 57.2 Å². The van der Waals surface area contributed by atoms with Crippen molar-refractivity contribution in [3.05, 3.63) is 97.1 Å². The summed E-state index contributed by atoms with van der Waals surface area (Å²) >= 11 is 1.02. The van der Waals surface area contributed by atoms with Crippen molar-refractivity contribution >= 4 is 62.3 Å². The number of benzene rings is 3. The molecule has 0 aliphatic heterocycles. The first-order valence-corrected chi connectivity index (χ1v) is 20.1. The molecule has 0 saturated heterocycles.